The molecule has 6 heteroatoms. The third-order valence-corrected chi connectivity index (χ3v) is 10.2. The summed E-state index contributed by atoms with van der Waals surface area (Å²) in [4.78, 5) is 12.5. The molecule has 4 nitrogen and oxygen atoms in total. The maximum absolute atomic E-state index is 12.5. The van der Waals surface area contributed by atoms with Gasteiger partial charge >= 0.3 is 0 Å². The van der Waals surface area contributed by atoms with Gasteiger partial charge in [0.2, 0.25) is 0 Å². The molecular weight excluding hydrogens is 372 g/mol. The molecule has 0 spiro atoms. The zero-order chi connectivity index (χ0) is 20.1. The lowest BCUT2D eigenvalue weighted by Crippen LogP contribution is -2.42. The molecule has 0 aliphatic heterocycles. The van der Waals surface area contributed by atoms with Gasteiger partial charge in [-0.15, -0.1) is 0 Å². The number of carbonyl (C=O) groups excluding carboxylic acids is 1. The van der Waals surface area contributed by atoms with Gasteiger partial charge in [0.15, 0.2) is 22.4 Å². The van der Waals surface area contributed by atoms with Crippen LogP contribution in [0.2, 0.25) is 38.8 Å². The van der Waals surface area contributed by atoms with Crippen LogP contribution in [-0.2, 0) is 4.12 Å². The summed E-state index contributed by atoms with van der Waals surface area (Å²) in [5.41, 5.74) is 0.835. The second-order valence-corrected chi connectivity index (χ2v) is 17.4. The first-order chi connectivity index (χ1) is 12.6. The van der Waals surface area contributed by atoms with Crippen LogP contribution < -0.4 is 4.74 Å². The summed E-state index contributed by atoms with van der Waals surface area (Å²) in [6.07, 6.45) is 0.912. The highest BCUT2D eigenvalue weighted by molar-refractivity contribution is 6.84. The Labute approximate surface area is 164 Å². The Morgan fingerprint density at radius 1 is 1.00 bits per heavy atom. The summed E-state index contributed by atoms with van der Waals surface area (Å²) in [6.45, 7) is 11.7. The predicted octanol–water partition coefficient (Wildman–Crippen LogP) is 5.45. The Morgan fingerprint density at radius 2 is 1.67 bits per heavy atom. The van der Waals surface area contributed by atoms with E-state index in [1.165, 1.54) is 6.07 Å². The fourth-order valence-corrected chi connectivity index (χ4v) is 11.1. The largest absolute Gasteiger partial charge is 0.507 e. The number of hydrogen-bond donors (Lipinski definition) is 1. The molecule has 0 amide bonds. The maximum atomic E-state index is 12.5. The summed E-state index contributed by atoms with van der Waals surface area (Å²) in [7, 11) is -3.17. The van der Waals surface area contributed by atoms with E-state index in [0.717, 1.165) is 12.5 Å². The molecule has 0 aliphatic carbocycles. The molecule has 0 aromatic heterocycles. The summed E-state index contributed by atoms with van der Waals surface area (Å²) < 4.78 is 12.1. The molecule has 0 saturated heterocycles. The Hall–Kier alpha value is -1.90. The van der Waals surface area contributed by atoms with Gasteiger partial charge in [-0.05, 0) is 57.3 Å². The third kappa shape index (κ3) is 6.97. The van der Waals surface area contributed by atoms with E-state index in [9.17, 15) is 9.90 Å². The van der Waals surface area contributed by atoms with Crippen molar-refractivity contribution in [2.75, 3.05) is 6.61 Å². The van der Waals surface area contributed by atoms with E-state index in [0.29, 0.717) is 17.9 Å². The van der Waals surface area contributed by atoms with Crippen molar-refractivity contribution in [3.8, 4) is 11.5 Å². The molecule has 146 valence electrons. The number of ketones is 1. The first-order valence-electron chi connectivity index (χ1n) is 9.33. The topological polar surface area (TPSA) is 55.8 Å². The van der Waals surface area contributed by atoms with Gasteiger partial charge in [0.1, 0.15) is 11.5 Å². The van der Waals surface area contributed by atoms with Crippen molar-refractivity contribution in [3.63, 3.8) is 0 Å². The highest BCUT2D eigenvalue weighted by Gasteiger charge is 2.29. The number of carbonyl (C=O) groups is 1. The van der Waals surface area contributed by atoms with Gasteiger partial charge in [0.05, 0.1) is 12.2 Å². The summed E-state index contributed by atoms with van der Waals surface area (Å²) in [5.74, 6) is 0.316. The highest BCUT2D eigenvalue weighted by Crippen LogP contribution is 2.26. The quantitative estimate of drug-likeness (QED) is 0.344. The average molecular weight is 403 g/mol. The molecule has 0 atom stereocenters. The smallest absolute Gasteiger partial charge is 0.196 e. The Morgan fingerprint density at radius 3 is 2.26 bits per heavy atom. The van der Waals surface area contributed by atoms with Crippen LogP contribution in [0.15, 0.2) is 48.5 Å². The van der Waals surface area contributed by atoms with E-state index < -0.39 is 16.6 Å². The van der Waals surface area contributed by atoms with E-state index in [4.69, 9.17) is 8.85 Å². The van der Waals surface area contributed by atoms with Gasteiger partial charge < -0.3 is 14.0 Å². The van der Waals surface area contributed by atoms with Crippen LogP contribution in [0.5, 0.6) is 11.5 Å². The fraction of sp³-hybridized carbons (Fsp3) is 0.381. The van der Waals surface area contributed by atoms with E-state index in [-0.39, 0.29) is 17.1 Å². The highest BCUT2D eigenvalue weighted by atomic mass is 28.4. The lowest BCUT2D eigenvalue weighted by atomic mass is 10.0. The SMILES string of the molecule is C[Si](C)(C)O[Si](C)(C)CCCOc1ccc(C(=O)c2ccccc2)c(O)c1. The summed E-state index contributed by atoms with van der Waals surface area (Å²) in [5, 5.41) is 10.2. The van der Waals surface area contributed by atoms with Crippen LogP contribution in [0.3, 0.4) is 0 Å². The van der Waals surface area contributed by atoms with Crippen molar-refractivity contribution in [2.24, 2.45) is 0 Å². The number of phenolic OH excluding ortho intramolecular Hbond substituents is 1. The molecule has 0 radical (unpaired) electrons. The van der Waals surface area contributed by atoms with Crippen molar-refractivity contribution in [1.29, 1.82) is 0 Å². The maximum Gasteiger partial charge on any atom is 0.196 e. The minimum Gasteiger partial charge on any atom is -0.507 e. The van der Waals surface area contributed by atoms with Gasteiger partial charge in [0, 0.05) is 11.6 Å². The number of hydrogen-bond acceptors (Lipinski definition) is 4. The number of phenols is 1. The van der Waals surface area contributed by atoms with Crippen LogP contribution in [0.1, 0.15) is 22.3 Å². The van der Waals surface area contributed by atoms with Crippen molar-refractivity contribution in [3.05, 3.63) is 59.7 Å². The fourth-order valence-electron chi connectivity index (χ4n) is 3.11. The second-order valence-electron chi connectivity index (χ2n) is 8.30. The van der Waals surface area contributed by atoms with Crippen molar-refractivity contribution in [2.45, 2.75) is 45.2 Å². The normalized spacial score (nSPS) is 12.0. The van der Waals surface area contributed by atoms with Gasteiger partial charge in [-0.3, -0.25) is 4.79 Å². The lowest BCUT2D eigenvalue weighted by Gasteiger charge is -2.31. The molecule has 0 fully saturated rings. The van der Waals surface area contributed by atoms with Gasteiger partial charge in [-0.2, -0.15) is 0 Å². The number of benzene rings is 2. The molecule has 0 bridgehead atoms. The minimum atomic E-state index is -1.66. The van der Waals surface area contributed by atoms with Crippen molar-refractivity contribution in [1.82, 2.24) is 0 Å². The summed E-state index contributed by atoms with van der Waals surface area (Å²) in [6, 6.07) is 14.8. The van der Waals surface area contributed by atoms with Crippen molar-refractivity contribution >= 4 is 22.4 Å². The Balaban J connectivity index is 1.90. The van der Waals surface area contributed by atoms with Gasteiger partial charge in [-0.1, -0.05) is 30.3 Å². The summed E-state index contributed by atoms with van der Waals surface area (Å²) >= 11 is 0. The minimum absolute atomic E-state index is 0.0573. The predicted molar refractivity (Wildman–Crippen MR) is 115 cm³/mol. The van der Waals surface area contributed by atoms with E-state index >= 15 is 0 Å². The number of ether oxygens (including phenoxy) is 1. The Kier molecular flexibility index (Phi) is 7.03. The van der Waals surface area contributed by atoms with Crippen LogP contribution in [0, 0.1) is 0 Å². The van der Waals surface area contributed by atoms with Crippen LogP contribution in [0.25, 0.3) is 0 Å². The van der Waals surface area contributed by atoms with Crippen LogP contribution in [0.4, 0.5) is 0 Å². The van der Waals surface area contributed by atoms with Crippen molar-refractivity contribution < 1.29 is 18.8 Å². The molecule has 27 heavy (non-hydrogen) atoms. The monoisotopic (exact) mass is 402 g/mol. The Bertz CT molecular complexity index is 767. The molecule has 2 aromatic rings. The average Bonchev–Trinajstić information content (AvgIpc) is 2.57. The number of rotatable bonds is 9. The molecule has 2 aromatic carbocycles. The van der Waals surface area contributed by atoms with Crippen LogP contribution >= 0.6 is 0 Å². The molecular formula is C21H30O4Si2. The van der Waals surface area contributed by atoms with Crippen LogP contribution in [-0.4, -0.2) is 34.1 Å². The van der Waals surface area contributed by atoms with Gasteiger partial charge in [0.25, 0.3) is 0 Å². The lowest BCUT2D eigenvalue weighted by molar-refractivity contribution is 0.103. The zero-order valence-electron chi connectivity index (χ0n) is 16.9. The molecule has 0 heterocycles. The van der Waals surface area contributed by atoms with Gasteiger partial charge in [-0.25, -0.2) is 0 Å². The molecule has 0 saturated carbocycles. The first-order valence-corrected chi connectivity index (χ1v) is 15.9. The standard InChI is InChI=1S/C21H30O4Si2/c1-26(2,3)25-27(4,5)15-9-14-24-18-12-13-19(20(22)16-18)21(23)17-10-7-6-8-11-17/h6-8,10-13,16,22H,9,14-15H2,1-5H3. The molecule has 2 rings (SSSR count). The zero-order valence-corrected chi connectivity index (χ0v) is 18.9. The third-order valence-electron chi connectivity index (χ3n) is 4.02. The molecule has 0 unspecified atom stereocenters. The molecule has 1 N–H and O–H groups in total. The molecule has 0 aliphatic rings. The van der Waals surface area contributed by atoms with E-state index in [1.54, 1.807) is 36.4 Å². The second kappa shape index (κ2) is 8.86. The number of aromatic hydroxyl groups is 1. The first kappa shape index (κ1) is 21.4. The van der Waals surface area contributed by atoms with E-state index in [2.05, 4.69) is 32.7 Å². The van der Waals surface area contributed by atoms with E-state index in [1.807, 2.05) is 6.07 Å².